The standard InChI is InChI=1S/C35H60N8O11S4/c1-20(2)30(32(50)38-12-14-54-13-11-37-25(44)8-6-5-7-24-29-22(17-56-24)42-34(53)43-29)57-58-35(3,4)19-40-27(46)18-55-16-23(31(49)39-15-28(47)48)41-26(45)10-9-21(36)33(51)52/h20-24,29-30H,5-19,36H2,1-4H3,(H,37,44)(H,38,50)(H,39,49)(H,40,46)(H,41,45)(H,47,48)(H,51,52)(H2,42,43,53)/p-1/t21?,22-,23?,24-,29-,30?/m1/s1. The number of fused-ring (bicyclic) bond motifs is 1. The molecule has 7 amide bonds. The van der Waals surface area contributed by atoms with E-state index in [-0.39, 0.29) is 84.5 Å². The summed E-state index contributed by atoms with van der Waals surface area (Å²) in [5.41, 5.74) is 3.37. The normalized spacial score (nSPS) is 18.9. The number of hydrogen-bond acceptors (Lipinski definition) is 15. The molecule has 0 aromatic heterocycles. The summed E-state index contributed by atoms with van der Waals surface area (Å²) in [4.78, 5) is 95.9. The van der Waals surface area contributed by atoms with E-state index >= 15 is 0 Å². The molecule has 0 bridgehead atoms. The number of hydrogen-bond donors (Lipinski definition) is 8. The third kappa shape index (κ3) is 20.7. The summed E-state index contributed by atoms with van der Waals surface area (Å²) in [7, 11) is 2.86. The van der Waals surface area contributed by atoms with Crippen molar-refractivity contribution in [3.63, 3.8) is 0 Å². The van der Waals surface area contributed by atoms with Crippen LogP contribution in [0.1, 0.15) is 66.2 Å². The maximum absolute atomic E-state index is 13.0. The lowest BCUT2D eigenvalue weighted by Crippen LogP contribution is -2.68. The molecule has 23 heteroatoms. The number of aliphatic carboxylic acids is 2. The third-order valence-electron chi connectivity index (χ3n) is 8.78. The number of ether oxygens (including phenoxy) is 1. The molecule has 0 spiro atoms. The van der Waals surface area contributed by atoms with Crippen LogP contribution in [0.2, 0.25) is 0 Å². The first-order valence-electron chi connectivity index (χ1n) is 19.2. The second-order valence-electron chi connectivity index (χ2n) is 14.8. The van der Waals surface area contributed by atoms with Gasteiger partial charge in [0.25, 0.3) is 0 Å². The number of thioether (sulfide) groups is 2. The molecule has 2 heterocycles. The first kappa shape index (κ1) is 51.0. The summed E-state index contributed by atoms with van der Waals surface area (Å²) < 4.78 is 5.11. The van der Waals surface area contributed by atoms with E-state index in [4.69, 9.17) is 4.74 Å². The molecule has 2 aliphatic heterocycles. The molecule has 0 saturated carbocycles. The lowest BCUT2D eigenvalue weighted by atomic mass is 10.0. The predicted octanol–water partition coefficient (Wildman–Crippen LogP) is -3.51. The molecule has 2 aliphatic rings. The number of amides is 7. The Morgan fingerprint density at radius 2 is 1.64 bits per heavy atom. The largest absolute Gasteiger partial charge is 0.548 e. The number of carboxylic acid groups (broad SMARTS) is 2. The number of rotatable bonds is 30. The zero-order valence-electron chi connectivity index (χ0n) is 33.5. The zero-order valence-corrected chi connectivity index (χ0v) is 36.7. The molecular formula is C35H59N8O11S4-. The summed E-state index contributed by atoms with van der Waals surface area (Å²) in [6, 6.07) is -2.06. The van der Waals surface area contributed by atoms with Gasteiger partial charge >= 0.3 is 6.03 Å². The lowest BCUT2D eigenvalue weighted by Gasteiger charge is -2.27. The lowest BCUT2D eigenvalue weighted by molar-refractivity contribution is -0.438. The number of quaternary nitrogens is 1. The van der Waals surface area contributed by atoms with E-state index in [2.05, 4.69) is 43.0 Å². The highest BCUT2D eigenvalue weighted by Gasteiger charge is 2.42. The first-order chi connectivity index (χ1) is 27.4. The Hall–Kier alpha value is -3.12. The van der Waals surface area contributed by atoms with Crippen LogP contribution in [-0.2, 0) is 38.3 Å². The van der Waals surface area contributed by atoms with E-state index in [0.717, 1.165) is 36.8 Å². The fraction of sp³-hybridized carbons (Fsp3) is 0.771. The van der Waals surface area contributed by atoms with Gasteiger partial charge in [-0.25, -0.2) is 4.79 Å². The summed E-state index contributed by atoms with van der Waals surface area (Å²) in [5, 5.41) is 40.7. The Morgan fingerprint density at radius 1 is 0.931 bits per heavy atom. The smallest absolute Gasteiger partial charge is 0.315 e. The maximum Gasteiger partial charge on any atom is 0.315 e. The van der Waals surface area contributed by atoms with Crippen LogP contribution >= 0.6 is 45.1 Å². The quantitative estimate of drug-likeness (QED) is 0.0197. The van der Waals surface area contributed by atoms with E-state index in [1.807, 2.05) is 39.5 Å². The van der Waals surface area contributed by atoms with Gasteiger partial charge in [-0.15, -0.1) is 11.8 Å². The number of nitrogens with one attached hydrogen (secondary N) is 7. The molecule has 6 atom stereocenters. The van der Waals surface area contributed by atoms with E-state index < -0.39 is 47.1 Å². The molecule has 3 unspecified atom stereocenters. The Morgan fingerprint density at radius 3 is 2.31 bits per heavy atom. The highest BCUT2D eigenvalue weighted by atomic mass is 33.1. The van der Waals surface area contributed by atoms with Gasteiger partial charge < -0.3 is 67.5 Å². The monoisotopic (exact) mass is 895 g/mol. The van der Waals surface area contributed by atoms with Gasteiger partial charge in [-0.05, 0) is 32.6 Å². The first-order valence-corrected chi connectivity index (χ1v) is 23.6. The Balaban J connectivity index is 1.61. The second-order valence-corrected chi connectivity index (χ2v) is 20.1. The SMILES string of the molecule is CC(C)C(SSC(C)(C)CNC(=O)CSCC(NC(=O)CCC([NH3+])C(=O)[O-])C(=O)NCC(=O)[O-])C(=O)NCCOCCNC(=O)CCCC[C@H]1SC[C@H]2NC(=O)N[C@H]21. The number of carbonyl (C=O) groups excluding carboxylic acids is 8. The van der Waals surface area contributed by atoms with Gasteiger partial charge in [0.2, 0.25) is 29.5 Å². The topological polar surface area (TPSA) is 304 Å². The second kappa shape index (κ2) is 26.9. The fourth-order valence-corrected chi connectivity index (χ4v) is 11.0. The third-order valence-corrected chi connectivity index (χ3v) is 15.2. The van der Waals surface area contributed by atoms with Crippen molar-refractivity contribution in [1.29, 1.82) is 0 Å². The van der Waals surface area contributed by atoms with Crippen LogP contribution in [0.15, 0.2) is 0 Å². The molecule has 2 saturated heterocycles. The molecule has 0 radical (unpaired) electrons. The average molecular weight is 896 g/mol. The molecule has 2 fully saturated rings. The summed E-state index contributed by atoms with van der Waals surface area (Å²) in [5.74, 6) is -4.16. The Kier molecular flexibility index (Phi) is 23.6. The molecule has 19 nitrogen and oxygen atoms in total. The van der Waals surface area contributed by atoms with E-state index in [9.17, 15) is 48.6 Å². The van der Waals surface area contributed by atoms with Crippen molar-refractivity contribution in [1.82, 2.24) is 37.2 Å². The zero-order chi connectivity index (χ0) is 43.3. The van der Waals surface area contributed by atoms with Crippen LogP contribution in [0, 0.1) is 5.92 Å². The van der Waals surface area contributed by atoms with E-state index in [0.29, 0.717) is 31.4 Å². The van der Waals surface area contributed by atoms with Crippen LogP contribution in [0.25, 0.3) is 0 Å². The van der Waals surface area contributed by atoms with Gasteiger partial charge in [-0.2, -0.15) is 11.8 Å². The molecule has 0 aliphatic carbocycles. The molecule has 2 rings (SSSR count). The number of carbonyl (C=O) groups is 8. The van der Waals surface area contributed by atoms with Crippen molar-refractivity contribution in [3.05, 3.63) is 0 Å². The van der Waals surface area contributed by atoms with Crippen LogP contribution in [-0.4, -0.2) is 144 Å². The highest BCUT2D eigenvalue weighted by Crippen LogP contribution is 2.40. The summed E-state index contributed by atoms with van der Waals surface area (Å²) in [6.07, 6.45) is 2.68. The van der Waals surface area contributed by atoms with Crippen molar-refractivity contribution in [2.75, 3.05) is 56.7 Å². The number of urea groups is 1. The van der Waals surface area contributed by atoms with Crippen molar-refractivity contribution >= 4 is 92.6 Å². The summed E-state index contributed by atoms with van der Waals surface area (Å²) >= 11 is 2.89. The van der Waals surface area contributed by atoms with Gasteiger partial charge in [0.15, 0.2) is 0 Å². The molecule has 0 aromatic carbocycles. The van der Waals surface area contributed by atoms with E-state index in [1.54, 1.807) is 0 Å². The molecule has 330 valence electrons. The average Bonchev–Trinajstić information content (AvgIpc) is 3.71. The van der Waals surface area contributed by atoms with Gasteiger partial charge in [-0.1, -0.05) is 41.9 Å². The molecule has 0 aromatic rings. The molecule has 58 heavy (non-hydrogen) atoms. The van der Waals surface area contributed by atoms with Crippen LogP contribution in [0.5, 0.6) is 0 Å². The minimum Gasteiger partial charge on any atom is -0.548 e. The Bertz CT molecular complexity index is 1410. The predicted molar refractivity (Wildman–Crippen MR) is 220 cm³/mol. The highest BCUT2D eigenvalue weighted by molar-refractivity contribution is 8.77. The van der Waals surface area contributed by atoms with E-state index in [1.165, 1.54) is 21.6 Å². The molecule has 10 N–H and O–H groups in total. The Labute approximate surface area is 355 Å². The van der Waals surface area contributed by atoms with Crippen LogP contribution in [0.4, 0.5) is 4.79 Å². The van der Waals surface area contributed by atoms with Gasteiger partial charge in [0.1, 0.15) is 12.1 Å². The van der Waals surface area contributed by atoms with Crippen molar-refractivity contribution in [2.45, 2.75) is 106 Å². The number of carboxylic acids is 2. The van der Waals surface area contributed by atoms with Gasteiger partial charge in [0.05, 0.1) is 54.8 Å². The van der Waals surface area contributed by atoms with Crippen LogP contribution < -0.4 is 53.2 Å². The fourth-order valence-electron chi connectivity index (χ4n) is 5.53. The molecular weight excluding hydrogens is 837 g/mol. The minimum atomic E-state index is -1.53. The van der Waals surface area contributed by atoms with Gasteiger partial charge in [0, 0.05) is 60.4 Å². The van der Waals surface area contributed by atoms with Crippen molar-refractivity contribution in [3.8, 4) is 0 Å². The van der Waals surface area contributed by atoms with Crippen molar-refractivity contribution < 1.29 is 59.0 Å². The van der Waals surface area contributed by atoms with Gasteiger partial charge in [-0.3, -0.25) is 24.0 Å². The maximum atomic E-state index is 13.0. The number of unbranched alkanes of at least 4 members (excludes halogenated alkanes) is 1. The summed E-state index contributed by atoms with van der Waals surface area (Å²) in [6.45, 7) is 8.47. The van der Waals surface area contributed by atoms with Crippen molar-refractivity contribution in [2.24, 2.45) is 5.92 Å². The van der Waals surface area contributed by atoms with Crippen LogP contribution in [0.3, 0.4) is 0 Å². The minimum absolute atomic E-state index is 0.0106.